The molecule has 86 valence electrons. The van der Waals surface area contributed by atoms with Crippen molar-refractivity contribution in [1.29, 1.82) is 0 Å². The van der Waals surface area contributed by atoms with Crippen molar-refractivity contribution >= 4 is 22.5 Å². The number of aromatic hydroxyl groups is 1. The summed E-state index contributed by atoms with van der Waals surface area (Å²) in [5.41, 5.74) is 5.87. The van der Waals surface area contributed by atoms with Gasteiger partial charge >= 0.3 is 6.03 Å². The monoisotopic (exact) mass is 229 g/mol. The van der Waals surface area contributed by atoms with Crippen LogP contribution in [0.3, 0.4) is 0 Å². The lowest BCUT2D eigenvalue weighted by Gasteiger charge is -2.06. The highest BCUT2D eigenvalue weighted by Crippen LogP contribution is 2.37. The maximum atomic E-state index is 10.5. The second-order valence-corrected chi connectivity index (χ2v) is 3.65. The molecule has 0 atom stereocenters. The number of nitrogens with zero attached hydrogens (tertiary/aromatic N) is 2. The SMILES string of the molecule is Cc1cc2ccccc2c(O)c1N=NC(N)=O. The van der Waals surface area contributed by atoms with Crippen LogP contribution in [0.25, 0.3) is 10.8 Å². The van der Waals surface area contributed by atoms with Gasteiger partial charge in [-0.3, -0.25) is 0 Å². The van der Waals surface area contributed by atoms with Crippen molar-refractivity contribution in [2.45, 2.75) is 6.92 Å². The minimum absolute atomic E-state index is 0.00519. The minimum Gasteiger partial charge on any atom is -0.505 e. The highest BCUT2D eigenvalue weighted by molar-refractivity contribution is 5.93. The summed E-state index contributed by atoms with van der Waals surface area (Å²) in [6, 6.07) is 8.32. The van der Waals surface area contributed by atoms with E-state index in [0.29, 0.717) is 5.39 Å². The minimum atomic E-state index is -0.892. The first-order chi connectivity index (χ1) is 8.09. The van der Waals surface area contributed by atoms with Crippen molar-refractivity contribution in [3.05, 3.63) is 35.9 Å². The average Bonchev–Trinajstić information content (AvgIpc) is 2.28. The highest BCUT2D eigenvalue weighted by atomic mass is 16.3. The lowest BCUT2D eigenvalue weighted by Crippen LogP contribution is -2.02. The number of phenols is 1. The molecule has 0 bridgehead atoms. The van der Waals surface area contributed by atoms with E-state index in [2.05, 4.69) is 10.2 Å². The molecule has 0 aromatic heterocycles. The van der Waals surface area contributed by atoms with E-state index in [1.54, 1.807) is 13.0 Å². The molecule has 0 fully saturated rings. The number of carbonyl (C=O) groups is 1. The summed E-state index contributed by atoms with van der Waals surface area (Å²) >= 11 is 0. The predicted octanol–water partition coefficient (Wildman–Crippen LogP) is 3.02. The zero-order valence-corrected chi connectivity index (χ0v) is 9.21. The van der Waals surface area contributed by atoms with Gasteiger partial charge in [-0.1, -0.05) is 29.4 Å². The molecular weight excluding hydrogens is 218 g/mol. The van der Waals surface area contributed by atoms with E-state index in [4.69, 9.17) is 5.73 Å². The van der Waals surface area contributed by atoms with Crippen LogP contribution in [0, 0.1) is 6.92 Å². The van der Waals surface area contributed by atoms with E-state index in [9.17, 15) is 9.90 Å². The van der Waals surface area contributed by atoms with Gasteiger partial charge in [0.25, 0.3) is 0 Å². The smallest absolute Gasteiger partial charge is 0.356 e. The molecule has 0 unspecified atom stereocenters. The van der Waals surface area contributed by atoms with Crippen LogP contribution in [0.4, 0.5) is 10.5 Å². The molecule has 0 radical (unpaired) electrons. The maximum Gasteiger partial charge on any atom is 0.356 e. The predicted molar refractivity (Wildman–Crippen MR) is 64.4 cm³/mol. The molecule has 0 aliphatic carbocycles. The van der Waals surface area contributed by atoms with Crippen LogP contribution in [-0.2, 0) is 0 Å². The Morgan fingerprint density at radius 2 is 2.06 bits per heavy atom. The lowest BCUT2D eigenvalue weighted by molar-refractivity contribution is 0.255. The standard InChI is InChI=1S/C12H11N3O2/c1-7-6-8-4-2-3-5-9(8)11(16)10(7)14-15-12(13)17/h2-6,16H,1H3,(H2,13,17). The first-order valence-corrected chi connectivity index (χ1v) is 5.02. The molecule has 0 aliphatic rings. The van der Waals surface area contributed by atoms with Gasteiger partial charge in [0.1, 0.15) is 5.69 Å². The maximum absolute atomic E-state index is 10.5. The van der Waals surface area contributed by atoms with Crippen LogP contribution in [0.5, 0.6) is 5.75 Å². The van der Waals surface area contributed by atoms with Crippen LogP contribution < -0.4 is 5.73 Å². The largest absolute Gasteiger partial charge is 0.505 e. The summed E-state index contributed by atoms with van der Waals surface area (Å²) in [5, 5.41) is 18.5. The van der Waals surface area contributed by atoms with Crippen molar-refractivity contribution in [3.8, 4) is 5.75 Å². The Morgan fingerprint density at radius 1 is 1.35 bits per heavy atom. The molecule has 0 saturated carbocycles. The number of benzene rings is 2. The Bertz CT molecular complexity index is 620. The fourth-order valence-corrected chi connectivity index (χ4v) is 1.68. The molecule has 2 aromatic rings. The Labute approximate surface area is 97.6 Å². The van der Waals surface area contributed by atoms with E-state index < -0.39 is 6.03 Å². The van der Waals surface area contributed by atoms with E-state index in [-0.39, 0.29) is 11.4 Å². The van der Waals surface area contributed by atoms with Gasteiger partial charge in [0.15, 0.2) is 5.75 Å². The Kier molecular flexibility index (Phi) is 2.74. The number of urea groups is 1. The molecule has 5 heteroatoms. The summed E-state index contributed by atoms with van der Waals surface area (Å²) in [6.07, 6.45) is 0. The summed E-state index contributed by atoms with van der Waals surface area (Å²) < 4.78 is 0. The number of amides is 2. The third-order valence-corrected chi connectivity index (χ3v) is 2.43. The molecule has 0 spiro atoms. The first kappa shape index (κ1) is 11.1. The number of aryl methyl sites for hydroxylation is 1. The quantitative estimate of drug-likeness (QED) is 0.736. The first-order valence-electron chi connectivity index (χ1n) is 5.02. The Hall–Kier alpha value is -2.43. The van der Waals surface area contributed by atoms with Crippen molar-refractivity contribution in [1.82, 2.24) is 0 Å². The van der Waals surface area contributed by atoms with Gasteiger partial charge < -0.3 is 10.8 Å². The molecule has 0 heterocycles. The summed E-state index contributed by atoms with van der Waals surface area (Å²) in [6.45, 7) is 1.78. The fourth-order valence-electron chi connectivity index (χ4n) is 1.68. The molecule has 17 heavy (non-hydrogen) atoms. The Balaban J connectivity index is 2.67. The average molecular weight is 229 g/mol. The number of carbonyl (C=O) groups excluding carboxylic acids is 1. The van der Waals surface area contributed by atoms with Crippen LogP contribution >= 0.6 is 0 Å². The molecule has 2 amide bonds. The number of phenolic OH excluding ortho intramolecular Hbond substituents is 1. The van der Waals surface area contributed by atoms with E-state index in [1.165, 1.54) is 0 Å². The number of hydrogen-bond donors (Lipinski definition) is 2. The molecule has 0 saturated heterocycles. The number of fused-ring (bicyclic) bond motifs is 1. The van der Waals surface area contributed by atoms with Gasteiger partial charge in [-0.2, -0.15) is 0 Å². The number of nitrogens with two attached hydrogens (primary N) is 1. The second-order valence-electron chi connectivity index (χ2n) is 3.65. The van der Waals surface area contributed by atoms with Gasteiger partial charge in [-0.05, 0) is 23.9 Å². The van der Waals surface area contributed by atoms with Gasteiger partial charge in [-0.25, -0.2) is 4.79 Å². The third kappa shape index (κ3) is 2.08. The lowest BCUT2D eigenvalue weighted by atomic mass is 10.0. The molecule has 2 aromatic carbocycles. The van der Waals surface area contributed by atoms with Crippen LogP contribution in [0.1, 0.15) is 5.56 Å². The van der Waals surface area contributed by atoms with Gasteiger partial charge in [0.05, 0.1) is 0 Å². The number of hydrogen-bond acceptors (Lipinski definition) is 3. The zero-order valence-electron chi connectivity index (χ0n) is 9.21. The molecule has 2 rings (SSSR count). The summed E-state index contributed by atoms with van der Waals surface area (Å²) in [7, 11) is 0. The number of azo groups is 1. The molecule has 3 N–H and O–H groups in total. The highest BCUT2D eigenvalue weighted by Gasteiger charge is 2.09. The van der Waals surface area contributed by atoms with Crippen molar-refractivity contribution in [2.75, 3.05) is 0 Å². The van der Waals surface area contributed by atoms with Crippen LogP contribution in [0.2, 0.25) is 0 Å². The van der Waals surface area contributed by atoms with Crippen molar-refractivity contribution in [2.24, 2.45) is 16.0 Å². The Morgan fingerprint density at radius 3 is 2.76 bits per heavy atom. The van der Waals surface area contributed by atoms with E-state index in [0.717, 1.165) is 10.9 Å². The van der Waals surface area contributed by atoms with Crippen LogP contribution in [-0.4, -0.2) is 11.1 Å². The number of primary amides is 1. The summed E-state index contributed by atoms with van der Waals surface area (Å²) in [4.78, 5) is 10.5. The topological polar surface area (TPSA) is 88.0 Å². The fraction of sp³-hybridized carbons (Fsp3) is 0.0833. The normalized spacial score (nSPS) is 11.1. The second kappa shape index (κ2) is 4.21. The molecule has 0 aliphatic heterocycles. The molecular formula is C12H11N3O2. The van der Waals surface area contributed by atoms with Gasteiger partial charge in [-0.15, -0.1) is 5.11 Å². The van der Waals surface area contributed by atoms with Gasteiger partial charge in [0.2, 0.25) is 0 Å². The van der Waals surface area contributed by atoms with E-state index in [1.807, 2.05) is 24.3 Å². The van der Waals surface area contributed by atoms with Gasteiger partial charge in [0, 0.05) is 5.39 Å². The molecule has 5 nitrogen and oxygen atoms in total. The van der Waals surface area contributed by atoms with Crippen molar-refractivity contribution in [3.63, 3.8) is 0 Å². The summed E-state index contributed by atoms with van der Waals surface area (Å²) in [5.74, 6) is 0.00519. The third-order valence-electron chi connectivity index (χ3n) is 2.43. The zero-order chi connectivity index (χ0) is 12.4. The van der Waals surface area contributed by atoms with Crippen molar-refractivity contribution < 1.29 is 9.90 Å². The van der Waals surface area contributed by atoms with Crippen LogP contribution in [0.15, 0.2) is 40.6 Å². The number of rotatable bonds is 1. The van der Waals surface area contributed by atoms with E-state index >= 15 is 0 Å².